The second kappa shape index (κ2) is 7.99. The van der Waals surface area contributed by atoms with Crippen molar-refractivity contribution in [2.45, 2.75) is 27.7 Å². The zero-order valence-corrected chi connectivity index (χ0v) is 17.6. The maximum Gasteiger partial charge on any atom is 0.261 e. The third-order valence-electron chi connectivity index (χ3n) is 5.19. The van der Waals surface area contributed by atoms with Gasteiger partial charge in [-0.05, 0) is 62.6 Å². The number of benzene rings is 3. The van der Waals surface area contributed by atoms with Gasteiger partial charge in [0, 0.05) is 11.1 Å². The summed E-state index contributed by atoms with van der Waals surface area (Å²) in [5.41, 5.74) is 7.18. The Morgan fingerprint density at radius 3 is 2.30 bits per heavy atom. The van der Waals surface area contributed by atoms with Crippen LogP contribution in [0.15, 0.2) is 76.1 Å². The van der Waals surface area contributed by atoms with E-state index in [2.05, 4.69) is 11.4 Å². The first-order valence-electron chi connectivity index (χ1n) is 9.95. The summed E-state index contributed by atoms with van der Waals surface area (Å²) in [7, 11) is 0. The number of carbonyl (C=O) groups is 1. The molecule has 0 saturated carbocycles. The number of hydrogen-bond donors (Lipinski definition) is 1. The molecule has 30 heavy (non-hydrogen) atoms. The van der Waals surface area contributed by atoms with Gasteiger partial charge in [-0.3, -0.25) is 4.79 Å². The van der Waals surface area contributed by atoms with Crippen LogP contribution in [0.3, 0.4) is 0 Å². The molecule has 0 spiro atoms. The number of rotatable bonds is 3. The van der Waals surface area contributed by atoms with Gasteiger partial charge in [0.1, 0.15) is 11.1 Å². The molecule has 4 aromatic rings. The van der Waals surface area contributed by atoms with E-state index >= 15 is 0 Å². The topological polar surface area (TPSA) is 54.6 Å². The number of hydrogen-bond acceptors (Lipinski definition) is 3. The van der Waals surface area contributed by atoms with Gasteiger partial charge < -0.3 is 9.73 Å². The lowest BCUT2D eigenvalue weighted by molar-refractivity contribution is 0.102. The van der Waals surface area contributed by atoms with Crippen LogP contribution in [0.5, 0.6) is 0 Å². The molecular weight excluding hydrogens is 372 g/mol. The first-order valence-corrected chi connectivity index (χ1v) is 9.95. The van der Waals surface area contributed by atoms with Crippen molar-refractivity contribution in [2.24, 2.45) is 4.99 Å². The SMILES string of the molecule is Cc1ccc(N=c2oc3ccccc3cc2C(=O)Nc2c(C)cccc2C)c(C)c1. The molecule has 0 saturated heterocycles. The van der Waals surface area contributed by atoms with E-state index in [-0.39, 0.29) is 5.91 Å². The van der Waals surface area contributed by atoms with E-state index in [0.717, 1.165) is 39.0 Å². The van der Waals surface area contributed by atoms with Crippen LogP contribution >= 0.6 is 0 Å². The number of aryl methyl sites for hydroxylation is 4. The van der Waals surface area contributed by atoms with Gasteiger partial charge in [0.2, 0.25) is 5.55 Å². The molecule has 0 radical (unpaired) electrons. The Bertz CT molecular complexity index is 1310. The molecule has 3 aromatic carbocycles. The third kappa shape index (κ3) is 3.90. The van der Waals surface area contributed by atoms with Crippen LogP contribution in [0, 0.1) is 27.7 Å². The van der Waals surface area contributed by atoms with Gasteiger partial charge in [-0.2, -0.15) is 0 Å². The standard InChI is InChI=1S/C26H24N2O2/c1-16-12-13-22(19(4)14-16)27-26-21(15-20-10-5-6-11-23(20)30-26)25(29)28-24-17(2)8-7-9-18(24)3/h5-15H,1-4H3,(H,28,29). The highest BCUT2D eigenvalue weighted by molar-refractivity contribution is 6.06. The number of nitrogens with zero attached hydrogens (tertiary/aromatic N) is 1. The first-order chi connectivity index (χ1) is 14.4. The monoisotopic (exact) mass is 396 g/mol. The summed E-state index contributed by atoms with van der Waals surface area (Å²) in [6.07, 6.45) is 0. The second-order valence-electron chi connectivity index (χ2n) is 7.63. The molecule has 1 N–H and O–H groups in total. The number of amides is 1. The number of anilines is 1. The fourth-order valence-corrected chi connectivity index (χ4v) is 3.55. The molecule has 0 atom stereocenters. The van der Waals surface area contributed by atoms with Crippen LogP contribution in [0.2, 0.25) is 0 Å². The highest BCUT2D eigenvalue weighted by Gasteiger charge is 2.15. The Morgan fingerprint density at radius 2 is 1.57 bits per heavy atom. The normalized spacial score (nSPS) is 11.7. The van der Waals surface area contributed by atoms with Gasteiger partial charge in [0.05, 0.1) is 5.69 Å². The lowest BCUT2D eigenvalue weighted by atomic mass is 10.1. The van der Waals surface area contributed by atoms with E-state index in [4.69, 9.17) is 9.41 Å². The van der Waals surface area contributed by atoms with Gasteiger partial charge in [0.15, 0.2) is 0 Å². The first kappa shape index (κ1) is 19.6. The van der Waals surface area contributed by atoms with Crippen LogP contribution in [-0.2, 0) is 0 Å². The predicted molar refractivity (Wildman–Crippen MR) is 121 cm³/mol. The van der Waals surface area contributed by atoms with E-state index in [9.17, 15) is 4.79 Å². The molecule has 1 heterocycles. The summed E-state index contributed by atoms with van der Waals surface area (Å²) >= 11 is 0. The average molecular weight is 396 g/mol. The highest BCUT2D eigenvalue weighted by Crippen LogP contribution is 2.22. The number of nitrogens with one attached hydrogen (secondary N) is 1. The Balaban J connectivity index is 1.88. The van der Waals surface area contributed by atoms with Crippen molar-refractivity contribution in [1.82, 2.24) is 0 Å². The molecule has 1 amide bonds. The molecule has 0 fully saturated rings. The molecule has 0 bridgehead atoms. The summed E-state index contributed by atoms with van der Waals surface area (Å²) in [6, 6.07) is 21.4. The van der Waals surface area contributed by atoms with E-state index in [1.165, 1.54) is 0 Å². The van der Waals surface area contributed by atoms with Crippen LogP contribution in [0.1, 0.15) is 32.6 Å². The minimum absolute atomic E-state index is 0.245. The quantitative estimate of drug-likeness (QED) is 0.451. The lowest BCUT2D eigenvalue weighted by Crippen LogP contribution is -2.22. The average Bonchev–Trinajstić information content (AvgIpc) is 2.72. The molecule has 0 unspecified atom stereocenters. The molecule has 1 aromatic heterocycles. The Kier molecular flexibility index (Phi) is 5.23. The van der Waals surface area contributed by atoms with E-state index in [1.54, 1.807) is 0 Å². The van der Waals surface area contributed by atoms with Gasteiger partial charge >= 0.3 is 0 Å². The van der Waals surface area contributed by atoms with Crippen molar-refractivity contribution in [2.75, 3.05) is 5.32 Å². The lowest BCUT2D eigenvalue weighted by Gasteiger charge is -2.12. The Hall–Kier alpha value is -3.66. The van der Waals surface area contributed by atoms with Crippen LogP contribution in [0.4, 0.5) is 11.4 Å². The summed E-state index contributed by atoms with van der Waals surface area (Å²) in [5, 5.41) is 3.90. The van der Waals surface area contributed by atoms with Crippen molar-refractivity contribution >= 4 is 28.3 Å². The largest absolute Gasteiger partial charge is 0.438 e. The molecule has 4 heteroatoms. The molecule has 4 nitrogen and oxygen atoms in total. The maximum atomic E-state index is 13.3. The summed E-state index contributed by atoms with van der Waals surface area (Å²) in [6.45, 7) is 8.01. The van der Waals surface area contributed by atoms with Gasteiger partial charge in [-0.25, -0.2) is 4.99 Å². The fourth-order valence-electron chi connectivity index (χ4n) is 3.55. The minimum Gasteiger partial charge on any atom is -0.438 e. The Morgan fingerprint density at radius 1 is 0.833 bits per heavy atom. The third-order valence-corrected chi connectivity index (χ3v) is 5.19. The number of para-hydroxylation sites is 2. The van der Waals surface area contributed by atoms with Gasteiger partial charge in [-0.1, -0.05) is 54.1 Å². The molecule has 0 aliphatic heterocycles. The van der Waals surface area contributed by atoms with Gasteiger partial charge in [-0.15, -0.1) is 0 Å². The van der Waals surface area contributed by atoms with Crippen molar-refractivity contribution in [3.8, 4) is 0 Å². The predicted octanol–water partition coefficient (Wildman–Crippen LogP) is 6.15. The summed E-state index contributed by atoms with van der Waals surface area (Å²) < 4.78 is 6.07. The second-order valence-corrected chi connectivity index (χ2v) is 7.63. The van der Waals surface area contributed by atoms with Crippen LogP contribution in [0.25, 0.3) is 11.0 Å². The fraction of sp³-hybridized carbons (Fsp3) is 0.154. The zero-order valence-electron chi connectivity index (χ0n) is 17.6. The minimum atomic E-state index is -0.245. The highest BCUT2D eigenvalue weighted by atomic mass is 16.3. The smallest absolute Gasteiger partial charge is 0.261 e. The molecule has 0 aliphatic carbocycles. The van der Waals surface area contributed by atoms with Crippen LogP contribution in [-0.4, -0.2) is 5.91 Å². The van der Waals surface area contributed by atoms with Gasteiger partial charge in [0.25, 0.3) is 5.91 Å². The molecular formula is C26H24N2O2. The number of carbonyl (C=O) groups excluding carboxylic acids is 1. The summed E-state index contributed by atoms with van der Waals surface area (Å²) in [4.78, 5) is 18.0. The van der Waals surface area contributed by atoms with Crippen molar-refractivity contribution in [1.29, 1.82) is 0 Å². The van der Waals surface area contributed by atoms with E-state index in [0.29, 0.717) is 16.7 Å². The molecule has 150 valence electrons. The van der Waals surface area contributed by atoms with Crippen LogP contribution < -0.4 is 10.9 Å². The Labute approximate surface area is 175 Å². The van der Waals surface area contributed by atoms with E-state index < -0.39 is 0 Å². The van der Waals surface area contributed by atoms with E-state index in [1.807, 2.05) is 88.4 Å². The summed E-state index contributed by atoms with van der Waals surface area (Å²) in [5.74, 6) is -0.245. The maximum absolute atomic E-state index is 13.3. The van der Waals surface area contributed by atoms with Crippen molar-refractivity contribution in [3.05, 3.63) is 100 Å². The molecule has 4 rings (SSSR count). The number of fused-ring (bicyclic) bond motifs is 1. The zero-order chi connectivity index (χ0) is 21.3. The van der Waals surface area contributed by atoms with Crippen molar-refractivity contribution < 1.29 is 9.21 Å². The molecule has 0 aliphatic rings. The van der Waals surface area contributed by atoms with Crippen molar-refractivity contribution in [3.63, 3.8) is 0 Å².